The number of aromatic nitrogens is 1. The number of hydrogen-bond acceptors (Lipinski definition) is 3. The molecule has 1 aromatic carbocycles. The average molecular weight is 258 g/mol. The molecular formula is C16H22N2O. The van der Waals surface area contributed by atoms with Crippen molar-refractivity contribution in [1.82, 2.24) is 4.98 Å². The third-order valence-corrected chi connectivity index (χ3v) is 3.46. The Morgan fingerprint density at radius 1 is 1.26 bits per heavy atom. The third kappa shape index (κ3) is 3.24. The summed E-state index contributed by atoms with van der Waals surface area (Å²) in [6.07, 6.45) is 2.70. The monoisotopic (exact) mass is 258 g/mol. The van der Waals surface area contributed by atoms with Crippen molar-refractivity contribution in [3.63, 3.8) is 0 Å². The minimum atomic E-state index is 0.217. The maximum absolute atomic E-state index is 9.11. The van der Waals surface area contributed by atoms with Crippen LogP contribution in [0, 0.1) is 0 Å². The zero-order chi connectivity index (χ0) is 13.7. The molecule has 0 aliphatic rings. The molecule has 0 radical (unpaired) electrons. The number of aliphatic hydroxyl groups excluding tert-OH is 1. The number of benzene rings is 1. The van der Waals surface area contributed by atoms with Crippen LogP contribution in [0.15, 0.2) is 30.3 Å². The van der Waals surface area contributed by atoms with Crippen molar-refractivity contribution in [3.05, 3.63) is 36.0 Å². The summed E-state index contributed by atoms with van der Waals surface area (Å²) in [6, 6.07) is 10.6. The normalized spacial score (nSPS) is 12.6. The number of nitrogens with one attached hydrogen (secondary N) is 1. The van der Waals surface area contributed by atoms with Crippen molar-refractivity contribution in [2.45, 2.75) is 39.2 Å². The third-order valence-electron chi connectivity index (χ3n) is 3.46. The van der Waals surface area contributed by atoms with Crippen LogP contribution in [-0.2, 0) is 6.42 Å². The molecule has 1 heterocycles. The average Bonchev–Trinajstić information content (AvgIpc) is 2.46. The van der Waals surface area contributed by atoms with Gasteiger partial charge in [0.1, 0.15) is 0 Å². The molecular weight excluding hydrogens is 236 g/mol. The summed E-state index contributed by atoms with van der Waals surface area (Å²) < 4.78 is 0. The number of aliphatic hydroxyl groups is 1. The molecule has 3 nitrogen and oxygen atoms in total. The van der Waals surface area contributed by atoms with Gasteiger partial charge >= 0.3 is 0 Å². The molecule has 2 N–H and O–H groups in total. The molecule has 0 spiro atoms. The van der Waals surface area contributed by atoms with E-state index < -0.39 is 0 Å². The fourth-order valence-electron chi connectivity index (χ4n) is 2.28. The second kappa shape index (κ2) is 6.53. The molecule has 0 fully saturated rings. The topological polar surface area (TPSA) is 45.1 Å². The minimum Gasteiger partial charge on any atom is -0.396 e. The maximum Gasteiger partial charge on any atom is 0.0726 e. The lowest BCUT2D eigenvalue weighted by atomic mass is 10.1. The number of hydrogen-bond donors (Lipinski definition) is 2. The van der Waals surface area contributed by atoms with Crippen LogP contribution in [0.5, 0.6) is 0 Å². The van der Waals surface area contributed by atoms with E-state index in [1.165, 1.54) is 0 Å². The van der Waals surface area contributed by atoms with Gasteiger partial charge in [-0.25, -0.2) is 0 Å². The summed E-state index contributed by atoms with van der Waals surface area (Å²) >= 11 is 0. The van der Waals surface area contributed by atoms with Gasteiger partial charge in [-0.1, -0.05) is 32.0 Å². The van der Waals surface area contributed by atoms with Crippen molar-refractivity contribution < 1.29 is 5.11 Å². The van der Waals surface area contributed by atoms with Gasteiger partial charge < -0.3 is 10.4 Å². The molecule has 2 rings (SSSR count). The number of fused-ring (bicyclic) bond motifs is 1. The van der Waals surface area contributed by atoms with E-state index in [2.05, 4.69) is 36.3 Å². The van der Waals surface area contributed by atoms with Gasteiger partial charge in [-0.2, -0.15) is 0 Å². The van der Waals surface area contributed by atoms with E-state index in [0.717, 1.165) is 41.5 Å². The molecule has 1 aromatic heterocycles. The van der Waals surface area contributed by atoms with E-state index in [0.29, 0.717) is 6.04 Å². The van der Waals surface area contributed by atoms with E-state index in [9.17, 15) is 0 Å². The van der Waals surface area contributed by atoms with Crippen molar-refractivity contribution in [1.29, 1.82) is 0 Å². The van der Waals surface area contributed by atoms with Gasteiger partial charge in [-0.15, -0.1) is 0 Å². The Bertz CT molecular complexity index is 539. The van der Waals surface area contributed by atoms with Crippen molar-refractivity contribution in [2.75, 3.05) is 11.9 Å². The van der Waals surface area contributed by atoms with Crippen LogP contribution < -0.4 is 5.32 Å². The first-order valence-electron chi connectivity index (χ1n) is 7.04. The molecule has 0 saturated heterocycles. The summed E-state index contributed by atoms with van der Waals surface area (Å²) in [4.78, 5) is 4.64. The summed E-state index contributed by atoms with van der Waals surface area (Å²) in [7, 11) is 0. The Morgan fingerprint density at radius 3 is 2.74 bits per heavy atom. The molecule has 1 atom stereocenters. The number of para-hydroxylation sites is 1. The number of nitrogens with zero attached hydrogens (tertiary/aromatic N) is 1. The van der Waals surface area contributed by atoms with Crippen LogP contribution in [0.2, 0.25) is 0 Å². The molecule has 0 bridgehead atoms. The molecule has 19 heavy (non-hydrogen) atoms. The molecule has 3 heteroatoms. The Balaban J connectivity index is 2.39. The lowest BCUT2D eigenvalue weighted by Crippen LogP contribution is -2.20. The van der Waals surface area contributed by atoms with Gasteiger partial charge in [0, 0.05) is 29.4 Å². The van der Waals surface area contributed by atoms with Gasteiger partial charge in [-0.05, 0) is 31.4 Å². The Hall–Kier alpha value is -1.61. The SMILES string of the molecule is CCc1cc(NC(CC)CCO)c2ccccc2n1. The van der Waals surface area contributed by atoms with E-state index in [1.807, 2.05) is 18.2 Å². The van der Waals surface area contributed by atoms with Crippen molar-refractivity contribution in [2.24, 2.45) is 0 Å². The smallest absolute Gasteiger partial charge is 0.0726 e. The van der Waals surface area contributed by atoms with Crippen LogP contribution in [0.4, 0.5) is 5.69 Å². The number of rotatable bonds is 6. The van der Waals surface area contributed by atoms with Gasteiger partial charge in [0.25, 0.3) is 0 Å². The van der Waals surface area contributed by atoms with E-state index in [1.54, 1.807) is 0 Å². The highest BCUT2D eigenvalue weighted by Crippen LogP contribution is 2.24. The van der Waals surface area contributed by atoms with Crippen LogP contribution in [0.25, 0.3) is 10.9 Å². The van der Waals surface area contributed by atoms with E-state index in [-0.39, 0.29) is 6.61 Å². The molecule has 2 aromatic rings. The molecule has 0 amide bonds. The Kier molecular flexibility index (Phi) is 4.74. The first-order valence-corrected chi connectivity index (χ1v) is 7.04. The summed E-state index contributed by atoms with van der Waals surface area (Å²) in [5.74, 6) is 0. The standard InChI is InChI=1S/C16H22N2O/c1-3-12(9-10-19)17-16-11-13(4-2)18-15-8-6-5-7-14(15)16/h5-8,11-12,19H,3-4,9-10H2,1-2H3,(H,17,18). The van der Waals surface area contributed by atoms with Gasteiger partial charge in [0.15, 0.2) is 0 Å². The lowest BCUT2D eigenvalue weighted by molar-refractivity contribution is 0.278. The van der Waals surface area contributed by atoms with Gasteiger partial charge in [0.2, 0.25) is 0 Å². The van der Waals surface area contributed by atoms with Crippen LogP contribution in [-0.4, -0.2) is 22.7 Å². The van der Waals surface area contributed by atoms with Crippen LogP contribution in [0.3, 0.4) is 0 Å². The quantitative estimate of drug-likeness (QED) is 0.835. The summed E-state index contributed by atoms with van der Waals surface area (Å²) in [5.41, 5.74) is 3.26. The number of pyridine rings is 1. The van der Waals surface area contributed by atoms with Crippen LogP contribution in [0.1, 0.15) is 32.4 Å². The molecule has 0 aliphatic carbocycles. The van der Waals surface area contributed by atoms with Gasteiger partial charge in [0.05, 0.1) is 5.52 Å². The Labute approximate surface area is 114 Å². The van der Waals surface area contributed by atoms with Crippen molar-refractivity contribution >= 4 is 16.6 Å². The van der Waals surface area contributed by atoms with E-state index in [4.69, 9.17) is 5.11 Å². The second-order valence-corrected chi connectivity index (χ2v) is 4.79. The van der Waals surface area contributed by atoms with Crippen LogP contribution >= 0.6 is 0 Å². The first kappa shape index (κ1) is 13.8. The number of anilines is 1. The lowest BCUT2D eigenvalue weighted by Gasteiger charge is -2.19. The molecule has 0 saturated carbocycles. The van der Waals surface area contributed by atoms with Crippen molar-refractivity contribution in [3.8, 4) is 0 Å². The largest absolute Gasteiger partial charge is 0.396 e. The highest BCUT2D eigenvalue weighted by Gasteiger charge is 2.09. The molecule has 1 unspecified atom stereocenters. The fraction of sp³-hybridized carbons (Fsp3) is 0.438. The number of aryl methyl sites for hydroxylation is 1. The highest BCUT2D eigenvalue weighted by atomic mass is 16.3. The molecule has 102 valence electrons. The predicted molar refractivity (Wildman–Crippen MR) is 80.5 cm³/mol. The predicted octanol–water partition coefficient (Wildman–Crippen LogP) is 3.37. The summed E-state index contributed by atoms with van der Waals surface area (Å²) in [5, 5.41) is 13.8. The molecule has 0 aliphatic heterocycles. The van der Waals surface area contributed by atoms with E-state index >= 15 is 0 Å². The second-order valence-electron chi connectivity index (χ2n) is 4.79. The fourth-order valence-corrected chi connectivity index (χ4v) is 2.28. The highest BCUT2D eigenvalue weighted by molar-refractivity contribution is 5.91. The van der Waals surface area contributed by atoms with Gasteiger partial charge in [-0.3, -0.25) is 4.98 Å². The summed E-state index contributed by atoms with van der Waals surface area (Å²) in [6.45, 7) is 4.47. The maximum atomic E-state index is 9.11. The Morgan fingerprint density at radius 2 is 2.05 bits per heavy atom. The first-order chi connectivity index (χ1) is 9.28. The zero-order valence-corrected chi connectivity index (χ0v) is 11.7. The zero-order valence-electron chi connectivity index (χ0n) is 11.7. The minimum absolute atomic E-state index is 0.217.